The van der Waals surface area contributed by atoms with Crippen LogP contribution in [-0.4, -0.2) is 41.1 Å². The number of nitrogens with zero attached hydrogens (tertiary/aromatic N) is 1. The number of benzene rings is 1. The third-order valence-electron chi connectivity index (χ3n) is 4.60. The molecule has 0 bridgehead atoms. The van der Waals surface area contributed by atoms with Gasteiger partial charge in [-0.2, -0.15) is 0 Å². The SMILES string of the molecule is CCCC(NC(C)C1CCN(Cc2ccccc2)C1)C(=O)O. The quantitative estimate of drug-likeness (QED) is 0.775. The molecule has 1 saturated heterocycles. The Morgan fingerprint density at radius 1 is 1.41 bits per heavy atom. The van der Waals surface area contributed by atoms with Crippen molar-refractivity contribution in [3.63, 3.8) is 0 Å². The summed E-state index contributed by atoms with van der Waals surface area (Å²) in [6.45, 7) is 7.28. The summed E-state index contributed by atoms with van der Waals surface area (Å²) in [6.07, 6.45) is 2.72. The molecule has 22 heavy (non-hydrogen) atoms. The fourth-order valence-electron chi connectivity index (χ4n) is 3.28. The minimum absolute atomic E-state index is 0.244. The molecular formula is C18H28N2O2. The zero-order chi connectivity index (χ0) is 15.9. The standard InChI is InChI=1S/C18H28N2O2/c1-3-7-17(18(21)22)19-14(2)16-10-11-20(13-16)12-15-8-5-4-6-9-15/h4-6,8-9,14,16-17,19H,3,7,10-13H2,1-2H3,(H,21,22). The van der Waals surface area contributed by atoms with Crippen LogP contribution in [0, 0.1) is 5.92 Å². The fourth-order valence-corrected chi connectivity index (χ4v) is 3.28. The van der Waals surface area contributed by atoms with Gasteiger partial charge in [-0.25, -0.2) is 0 Å². The van der Waals surface area contributed by atoms with Gasteiger partial charge in [-0.05, 0) is 37.8 Å². The van der Waals surface area contributed by atoms with Crippen LogP contribution in [-0.2, 0) is 11.3 Å². The van der Waals surface area contributed by atoms with Crippen LogP contribution in [0.15, 0.2) is 30.3 Å². The maximum absolute atomic E-state index is 11.3. The number of hydrogen-bond donors (Lipinski definition) is 2. The minimum atomic E-state index is -0.729. The van der Waals surface area contributed by atoms with Gasteiger partial charge in [0, 0.05) is 19.1 Å². The van der Waals surface area contributed by atoms with Crippen molar-refractivity contribution in [1.29, 1.82) is 0 Å². The van der Waals surface area contributed by atoms with Crippen molar-refractivity contribution in [2.24, 2.45) is 5.92 Å². The third kappa shape index (κ3) is 4.82. The highest BCUT2D eigenvalue weighted by Crippen LogP contribution is 2.22. The Labute approximate surface area is 133 Å². The summed E-state index contributed by atoms with van der Waals surface area (Å²) in [6, 6.07) is 10.4. The molecule has 1 aliphatic heterocycles. The molecule has 122 valence electrons. The first-order chi connectivity index (χ1) is 10.6. The molecule has 1 aliphatic rings. The highest BCUT2D eigenvalue weighted by Gasteiger charge is 2.29. The van der Waals surface area contributed by atoms with E-state index in [9.17, 15) is 9.90 Å². The molecule has 4 nitrogen and oxygen atoms in total. The second kappa shape index (κ2) is 8.30. The van der Waals surface area contributed by atoms with Crippen LogP contribution in [0.1, 0.15) is 38.7 Å². The van der Waals surface area contributed by atoms with Gasteiger partial charge in [0.2, 0.25) is 0 Å². The highest BCUT2D eigenvalue weighted by atomic mass is 16.4. The van der Waals surface area contributed by atoms with Gasteiger partial charge in [-0.15, -0.1) is 0 Å². The Morgan fingerprint density at radius 2 is 2.14 bits per heavy atom. The molecule has 0 spiro atoms. The maximum Gasteiger partial charge on any atom is 0.320 e. The van der Waals surface area contributed by atoms with Crippen molar-refractivity contribution >= 4 is 5.97 Å². The first kappa shape index (κ1) is 17.0. The van der Waals surface area contributed by atoms with Crippen molar-refractivity contribution in [3.05, 3.63) is 35.9 Å². The van der Waals surface area contributed by atoms with Gasteiger partial charge in [0.25, 0.3) is 0 Å². The van der Waals surface area contributed by atoms with E-state index in [1.165, 1.54) is 5.56 Å². The largest absolute Gasteiger partial charge is 0.480 e. The number of rotatable bonds is 8. The fraction of sp³-hybridized carbons (Fsp3) is 0.611. The molecule has 0 aromatic heterocycles. The first-order valence-corrected chi connectivity index (χ1v) is 8.35. The molecule has 2 rings (SSSR count). The van der Waals surface area contributed by atoms with E-state index >= 15 is 0 Å². The van der Waals surface area contributed by atoms with Gasteiger partial charge in [0.1, 0.15) is 6.04 Å². The summed E-state index contributed by atoms with van der Waals surface area (Å²) in [5.74, 6) is -0.199. The average molecular weight is 304 g/mol. The predicted molar refractivity (Wildman–Crippen MR) is 88.8 cm³/mol. The van der Waals surface area contributed by atoms with E-state index in [0.29, 0.717) is 12.3 Å². The Balaban J connectivity index is 1.82. The van der Waals surface area contributed by atoms with Gasteiger partial charge < -0.3 is 10.4 Å². The molecule has 0 saturated carbocycles. The van der Waals surface area contributed by atoms with Gasteiger partial charge in [0.15, 0.2) is 0 Å². The van der Waals surface area contributed by atoms with Crippen LogP contribution in [0.25, 0.3) is 0 Å². The average Bonchev–Trinajstić information content (AvgIpc) is 2.96. The predicted octanol–water partition coefficient (Wildman–Crippen LogP) is 2.74. The van der Waals surface area contributed by atoms with Gasteiger partial charge in [-0.3, -0.25) is 9.69 Å². The lowest BCUT2D eigenvalue weighted by Gasteiger charge is -2.25. The third-order valence-corrected chi connectivity index (χ3v) is 4.60. The van der Waals surface area contributed by atoms with E-state index in [2.05, 4.69) is 41.4 Å². The minimum Gasteiger partial charge on any atom is -0.480 e. The molecule has 1 heterocycles. The van der Waals surface area contributed by atoms with Crippen LogP contribution in [0.3, 0.4) is 0 Å². The Morgan fingerprint density at radius 3 is 2.77 bits per heavy atom. The lowest BCUT2D eigenvalue weighted by molar-refractivity contribution is -0.140. The maximum atomic E-state index is 11.3. The van der Waals surface area contributed by atoms with Crippen molar-refractivity contribution in [1.82, 2.24) is 10.2 Å². The first-order valence-electron chi connectivity index (χ1n) is 8.35. The van der Waals surface area contributed by atoms with Crippen LogP contribution < -0.4 is 5.32 Å². The summed E-state index contributed by atoms with van der Waals surface area (Å²) >= 11 is 0. The number of carbonyl (C=O) groups is 1. The number of likely N-dealkylation sites (tertiary alicyclic amines) is 1. The van der Waals surface area contributed by atoms with E-state index in [-0.39, 0.29) is 6.04 Å². The molecule has 1 aromatic carbocycles. The molecule has 4 heteroatoms. The zero-order valence-electron chi connectivity index (χ0n) is 13.7. The Hall–Kier alpha value is -1.39. The Kier molecular flexibility index (Phi) is 6.40. The van der Waals surface area contributed by atoms with E-state index in [4.69, 9.17) is 0 Å². The van der Waals surface area contributed by atoms with E-state index in [1.807, 2.05) is 13.0 Å². The van der Waals surface area contributed by atoms with E-state index in [1.54, 1.807) is 0 Å². The van der Waals surface area contributed by atoms with E-state index in [0.717, 1.165) is 32.5 Å². The van der Waals surface area contributed by atoms with Crippen LogP contribution in [0.5, 0.6) is 0 Å². The number of carboxylic acid groups (broad SMARTS) is 1. The summed E-state index contributed by atoms with van der Waals surface area (Å²) in [5, 5.41) is 12.6. The number of hydrogen-bond acceptors (Lipinski definition) is 3. The van der Waals surface area contributed by atoms with Crippen molar-refractivity contribution in [2.75, 3.05) is 13.1 Å². The molecule has 1 aromatic rings. The second-order valence-electron chi connectivity index (χ2n) is 6.40. The summed E-state index contributed by atoms with van der Waals surface area (Å²) in [5.41, 5.74) is 1.35. The second-order valence-corrected chi connectivity index (χ2v) is 6.40. The molecule has 0 aliphatic carbocycles. The van der Waals surface area contributed by atoms with Gasteiger partial charge >= 0.3 is 5.97 Å². The van der Waals surface area contributed by atoms with Crippen molar-refractivity contribution < 1.29 is 9.90 Å². The normalized spacial score (nSPS) is 21.6. The number of nitrogens with one attached hydrogen (secondary N) is 1. The van der Waals surface area contributed by atoms with Crippen LogP contribution in [0.2, 0.25) is 0 Å². The Bertz CT molecular complexity index is 463. The number of aliphatic carboxylic acids is 1. The summed E-state index contributed by atoms with van der Waals surface area (Å²) in [7, 11) is 0. The smallest absolute Gasteiger partial charge is 0.320 e. The van der Waals surface area contributed by atoms with Crippen molar-refractivity contribution in [2.45, 2.75) is 51.7 Å². The molecule has 0 amide bonds. The van der Waals surface area contributed by atoms with Crippen LogP contribution in [0.4, 0.5) is 0 Å². The molecular weight excluding hydrogens is 276 g/mol. The summed E-state index contributed by atoms with van der Waals surface area (Å²) in [4.78, 5) is 13.7. The van der Waals surface area contributed by atoms with Crippen molar-refractivity contribution in [3.8, 4) is 0 Å². The van der Waals surface area contributed by atoms with Gasteiger partial charge in [0.05, 0.1) is 0 Å². The lowest BCUT2D eigenvalue weighted by Crippen LogP contribution is -2.45. The molecule has 0 radical (unpaired) electrons. The van der Waals surface area contributed by atoms with Crippen LogP contribution >= 0.6 is 0 Å². The molecule has 3 atom stereocenters. The van der Waals surface area contributed by atoms with Gasteiger partial charge in [-0.1, -0.05) is 43.7 Å². The topological polar surface area (TPSA) is 52.6 Å². The number of carboxylic acids is 1. The summed E-state index contributed by atoms with van der Waals surface area (Å²) < 4.78 is 0. The monoisotopic (exact) mass is 304 g/mol. The highest BCUT2D eigenvalue weighted by molar-refractivity contribution is 5.73. The molecule has 3 unspecified atom stereocenters. The molecule has 2 N–H and O–H groups in total. The lowest BCUT2D eigenvalue weighted by atomic mass is 9.99. The molecule has 1 fully saturated rings. The zero-order valence-corrected chi connectivity index (χ0v) is 13.7. The van der Waals surface area contributed by atoms with E-state index < -0.39 is 12.0 Å².